The fraction of sp³-hybridized carbons (Fsp3) is 0.200. The molecule has 2 heterocycles. The van der Waals surface area contributed by atoms with E-state index in [4.69, 9.17) is 0 Å². The van der Waals surface area contributed by atoms with Crippen LogP contribution in [0.4, 0.5) is 9.52 Å². The van der Waals surface area contributed by atoms with Crippen molar-refractivity contribution in [1.29, 1.82) is 0 Å². The molecule has 0 spiro atoms. The van der Waals surface area contributed by atoms with E-state index in [0.717, 1.165) is 39.4 Å². The van der Waals surface area contributed by atoms with Crippen LogP contribution >= 0.6 is 11.3 Å². The number of fused-ring (bicyclic) bond motifs is 1. The van der Waals surface area contributed by atoms with Crippen molar-refractivity contribution < 1.29 is 4.39 Å². The molecule has 2 aromatic carbocycles. The molecule has 132 valence electrons. The van der Waals surface area contributed by atoms with Crippen LogP contribution in [0.1, 0.15) is 13.3 Å². The molecule has 2 aromatic heterocycles. The van der Waals surface area contributed by atoms with Crippen molar-refractivity contribution in [3.63, 3.8) is 0 Å². The van der Waals surface area contributed by atoms with Gasteiger partial charge in [-0.05, 0) is 36.2 Å². The van der Waals surface area contributed by atoms with Crippen molar-refractivity contribution in [2.75, 3.05) is 11.9 Å². The fourth-order valence-corrected chi connectivity index (χ4v) is 3.88. The van der Waals surface area contributed by atoms with Gasteiger partial charge in [-0.15, -0.1) is 0 Å². The van der Waals surface area contributed by atoms with Gasteiger partial charge in [0.1, 0.15) is 11.5 Å². The molecule has 4 nitrogen and oxygen atoms in total. The maximum Gasteiger partial charge on any atom is 0.183 e. The quantitative estimate of drug-likeness (QED) is 0.519. The molecule has 0 amide bonds. The Morgan fingerprint density at radius 1 is 1.15 bits per heavy atom. The van der Waals surface area contributed by atoms with Crippen LogP contribution in [0.25, 0.3) is 32.6 Å². The summed E-state index contributed by atoms with van der Waals surface area (Å²) in [7, 11) is 1.85. The molecule has 1 N–H and O–H groups in total. The summed E-state index contributed by atoms with van der Waals surface area (Å²) in [6.07, 6.45) is 2.99. The Bertz CT molecular complexity index is 1070. The van der Waals surface area contributed by atoms with Crippen molar-refractivity contribution in [2.45, 2.75) is 13.3 Å². The van der Waals surface area contributed by atoms with E-state index >= 15 is 0 Å². The lowest BCUT2D eigenvalue weighted by Crippen LogP contribution is -1.98. The van der Waals surface area contributed by atoms with Crippen molar-refractivity contribution in [1.82, 2.24) is 14.8 Å². The molecule has 0 aliphatic heterocycles. The van der Waals surface area contributed by atoms with Crippen LogP contribution in [0.2, 0.25) is 0 Å². The van der Waals surface area contributed by atoms with E-state index in [1.807, 2.05) is 31.4 Å². The molecule has 6 heteroatoms. The van der Waals surface area contributed by atoms with Crippen molar-refractivity contribution in [3.8, 4) is 22.4 Å². The Morgan fingerprint density at radius 2 is 2.00 bits per heavy atom. The Labute approximate surface area is 155 Å². The predicted octanol–water partition coefficient (Wildman–Crippen LogP) is 5.32. The van der Waals surface area contributed by atoms with Crippen LogP contribution in [0.5, 0.6) is 0 Å². The number of hydrogen-bond donors (Lipinski definition) is 1. The summed E-state index contributed by atoms with van der Waals surface area (Å²) < 4.78 is 17.1. The lowest BCUT2D eigenvalue weighted by molar-refractivity contribution is 0.630. The Kier molecular flexibility index (Phi) is 4.42. The number of halogens is 1. The van der Waals surface area contributed by atoms with E-state index in [1.165, 1.54) is 6.07 Å². The van der Waals surface area contributed by atoms with Crippen molar-refractivity contribution >= 4 is 26.7 Å². The molecule has 26 heavy (non-hydrogen) atoms. The molecule has 0 saturated heterocycles. The second kappa shape index (κ2) is 6.88. The van der Waals surface area contributed by atoms with Crippen molar-refractivity contribution in [2.24, 2.45) is 7.05 Å². The van der Waals surface area contributed by atoms with E-state index in [1.54, 1.807) is 28.2 Å². The topological polar surface area (TPSA) is 42.7 Å². The van der Waals surface area contributed by atoms with Crippen LogP contribution in [0.15, 0.2) is 48.7 Å². The largest absolute Gasteiger partial charge is 0.361 e. The number of nitrogens with zero attached hydrogens (tertiary/aromatic N) is 3. The number of benzene rings is 2. The highest BCUT2D eigenvalue weighted by molar-refractivity contribution is 7.22. The summed E-state index contributed by atoms with van der Waals surface area (Å²) in [4.78, 5) is 4.61. The molecule has 0 unspecified atom stereocenters. The second-order valence-electron chi connectivity index (χ2n) is 6.17. The van der Waals surface area contributed by atoms with E-state index in [0.29, 0.717) is 11.3 Å². The summed E-state index contributed by atoms with van der Waals surface area (Å²) in [5, 5.41) is 8.76. The molecular weight excluding hydrogens is 347 g/mol. The first kappa shape index (κ1) is 16.7. The third-order valence-electron chi connectivity index (χ3n) is 4.18. The van der Waals surface area contributed by atoms with Gasteiger partial charge in [0.05, 0.1) is 10.2 Å². The van der Waals surface area contributed by atoms with Gasteiger partial charge in [-0.1, -0.05) is 36.5 Å². The molecule has 0 saturated carbocycles. The summed E-state index contributed by atoms with van der Waals surface area (Å²) in [6, 6.07) is 12.9. The molecular formula is C20H19FN4S. The fourth-order valence-electron chi connectivity index (χ4n) is 2.95. The zero-order valence-corrected chi connectivity index (χ0v) is 15.5. The first-order chi connectivity index (χ1) is 12.7. The Hall–Kier alpha value is -2.73. The third-order valence-corrected chi connectivity index (χ3v) is 5.16. The lowest BCUT2D eigenvalue weighted by atomic mass is 10.0. The van der Waals surface area contributed by atoms with Gasteiger partial charge in [0.2, 0.25) is 0 Å². The molecule has 0 fully saturated rings. The highest BCUT2D eigenvalue weighted by Crippen LogP contribution is 2.35. The van der Waals surface area contributed by atoms with Crippen molar-refractivity contribution in [3.05, 3.63) is 54.5 Å². The van der Waals surface area contributed by atoms with Crippen LogP contribution in [-0.2, 0) is 7.05 Å². The van der Waals surface area contributed by atoms with E-state index in [2.05, 4.69) is 28.4 Å². The predicted molar refractivity (Wildman–Crippen MR) is 106 cm³/mol. The zero-order valence-electron chi connectivity index (χ0n) is 14.7. The smallest absolute Gasteiger partial charge is 0.183 e. The number of aromatic nitrogens is 3. The summed E-state index contributed by atoms with van der Waals surface area (Å²) in [6.45, 7) is 3.04. The van der Waals surface area contributed by atoms with Gasteiger partial charge in [-0.2, -0.15) is 5.10 Å². The number of nitrogens with one attached hydrogen (secondary N) is 1. The second-order valence-corrected chi connectivity index (χ2v) is 7.20. The Balaban J connectivity index is 1.79. The summed E-state index contributed by atoms with van der Waals surface area (Å²) in [5.74, 6) is -0.266. The van der Waals surface area contributed by atoms with Crippen LogP contribution in [0.3, 0.4) is 0 Å². The number of thiazole rings is 1. The number of anilines is 1. The molecule has 4 rings (SSSR count). The molecule has 0 aliphatic rings. The van der Waals surface area contributed by atoms with Gasteiger partial charge in [0.15, 0.2) is 5.13 Å². The van der Waals surface area contributed by atoms with E-state index in [-0.39, 0.29) is 5.82 Å². The minimum absolute atomic E-state index is 0.266. The highest BCUT2D eigenvalue weighted by atomic mass is 32.1. The first-order valence-electron chi connectivity index (χ1n) is 8.59. The molecule has 0 radical (unpaired) electrons. The average molecular weight is 366 g/mol. The number of aryl methyl sites for hydroxylation is 1. The molecule has 0 aliphatic carbocycles. The van der Waals surface area contributed by atoms with Crippen LogP contribution in [-0.4, -0.2) is 21.3 Å². The average Bonchev–Trinajstić information content (AvgIpc) is 3.22. The van der Waals surface area contributed by atoms with Gasteiger partial charge >= 0.3 is 0 Å². The van der Waals surface area contributed by atoms with Gasteiger partial charge in [-0.3, -0.25) is 4.68 Å². The first-order valence-corrected chi connectivity index (χ1v) is 9.40. The standard InChI is InChI=1S/C20H19FN4S/c1-3-10-22-20-23-17-9-8-13(11-18(17)26-20)15-12-25(2)24-19(15)14-6-4-5-7-16(14)21/h4-9,11-12H,3,10H2,1-2H3,(H,22,23). The zero-order chi connectivity index (χ0) is 18.1. The minimum Gasteiger partial charge on any atom is -0.361 e. The maximum atomic E-state index is 14.3. The monoisotopic (exact) mass is 366 g/mol. The van der Waals surface area contributed by atoms with Gasteiger partial charge in [0, 0.05) is 30.9 Å². The van der Waals surface area contributed by atoms with Crippen LogP contribution in [0, 0.1) is 5.82 Å². The van der Waals surface area contributed by atoms with Gasteiger partial charge in [0.25, 0.3) is 0 Å². The minimum atomic E-state index is -0.266. The van der Waals surface area contributed by atoms with Gasteiger partial charge in [-0.25, -0.2) is 9.37 Å². The lowest BCUT2D eigenvalue weighted by Gasteiger charge is -2.04. The van der Waals surface area contributed by atoms with E-state index < -0.39 is 0 Å². The van der Waals surface area contributed by atoms with E-state index in [9.17, 15) is 4.39 Å². The normalized spacial score (nSPS) is 11.2. The summed E-state index contributed by atoms with van der Waals surface area (Å²) >= 11 is 1.63. The number of hydrogen-bond acceptors (Lipinski definition) is 4. The highest BCUT2D eigenvalue weighted by Gasteiger charge is 2.16. The molecule has 0 atom stereocenters. The maximum absolute atomic E-state index is 14.3. The molecule has 4 aromatic rings. The van der Waals surface area contributed by atoms with Crippen LogP contribution < -0.4 is 5.32 Å². The SMILES string of the molecule is CCCNc1nc2ccc(-c3cn(C)nc3-c3ccccc3F)cc2s1. The molecule has 0 bridgehead atoms. The Morgan fingerprint density at radius 3 is 2.81 bits per heavy atom. The summed E-state index contributed by atoms with van der Waals surface area (Å²) in [5.41, 5.74) is 4.05. The number of rotatable bonds is 5. The third kappa shape index (κ3) is 3.08. The van der Waals surface area contributed by atoms with Gasteiger partial charge < -0.3 is 5.32 Å².